The number of allylic oxidation sites excluding steroid dienone is 1. The summed E-state index contributed by atoms with van der Waals surface area (Å²) in [5.74, 6) is 2.36. The standard InChI is InChI=1S/C31H30N3O2P/c1-23-19-20-24(34(35)36)21-28(23)32-37(25-13-7-5-8-14-25,26-15-9-6-10-16-26)22-30-31(2,3)27-17-11-12-18-29(27)33(30)4/h5-22H,1-4H3. The van der Waals surface area contributed by atoms with Gasteiger partial charge in [-0.1, -0.05) is 98.8 Å². The highest BCUT2D eigenvalue weighted by Crippen LogP contribution is 2.57. The number of benzene rings is 4. The minimum absolute atomic E-state index is 0.0435. The maximum absolute atomic E-state index is 11.7. The number of nitrogens with zero attached hydrogens (tertiary/aromatic N) is 3. The van der Waals surface area contributed by atoms with Gasteiger partial charge in [-0.05, 0) is 29.9 Å². The Morgan fingerprint density at radius 1 is 0.865 bits per heavy atom. The van der Waals surface area contributed by atoms with Crippen LogP contribution in [0.25, 0.3) is 0 Å². The smallest absolute Gasteiger partial charge is 0.271 e. The molecule has 0 aliphatic carbocycles. The molecule has 0 N–H and O–H groups in total. The average molecular weight is 508 g/mol. The number of fused-ring (bicyclic) bond motifs is 1. The average Bonchev–Trinajstić information content (AvgIpc) is 3.10. The number of likely N-dealkylation sites (N-methyl/N-ethyl adjacent to an activating group) is 1. The molecule has 1 aliphatic heterocycles. The summed E-state index contributed by atoms with van der Waals surface area (Å²) in [7, 11) is -0.482. The van der Waals surface area contributed by atoms with Crippen LogP contribution in [0.4, 0.5) is 17.1 Å². The Balaban J connectivity index is 1.90. The molecule has 1 aliphatic rings. The molecule has 0 fully saturated rings. The Hall–Kier alpha value is -3.95. The van der Waals surface area contributed by atoms with Crippen molar-refractivity contribution in [2.24, 2.45) is 4.74 Å². The molecule has 0 aromatic heterocycles. The van der Waals surface area contributed by atoms with Crippen LogP contribution in [0.2, 0.25) is 0 Å². The molecule has 37 heavy (non-hydrogen) atoms. The number of nitro benzene ring substituents is 1. The van der Waals surface area contributed by atoms with Gasteiger partial charge in [0.25, 0.3) is 5.69 Å². The topological polar surface area (TPSA) is 58.7 Å². The van der Waals surface area contributed by atoms with Crippen LogP contribution >= 0.6 is 7.05 Å². The molecular weight excluding hydrogens is 477 g/mol. The molecule has 1 heterocycles. The lowest BCUT2D eigenvalue weighted by Gasteiger charge is -2.30. The monoisotopic (exact) mass is 507 g/mol. The first-order valence-corrected chi connectivity index (χ1v) is 14.1. The van der Waals surface area contributed by atoms with Crippen molar-refractivity contribution in [3.05, 3.63) is 136 Å². The number of hydrogen-bond donors (Lipinski definition) is 0. The van der Waals surface area contributed by atoms with E-state index in [1.807, 2.05) is 43.3 Å². The van der Waals surface area contributed by atoms with Crippen molar-refractivity contribution in [3.63, 3.8) is 0 Å². The van der Waals surface area contributed by atoms with Gasteiger partial charge in [-0.25, -0.2) is 0 Å². The van der Waals surface area contributed by atoms with E-state index in [0.29, 0.717) is 5.69 Å². The fourth-order valence-corrected chi connectivity index (χ4v) is 8.69. The van der Waals surface area contributed by atoms with Gasteiger partial charge in [0.1, 0.15) is 0 Å². The van der Waals surface area contributed by atoms with Crippen LogP contribution in [0.3, 0.4) is 0 Å². The van der Waals surface area contributed by atoms with E-state index in [4.69, 9.17) is 4.74 Å². The maximum atomic E-state index is 11.7. The molecule has 0 spiro atoms. The Kier molecular flexibility index (Phi) is 6.35. The van der Waals surface area contributed by atoms with Gasteiger partial charge in [0.05, 0.1) is 17.7 Å². The number of rotatable bonds is 5. The largest absolute Gasteiger partial charge is 0.347 e. The zero-order valence-electron chi connectivity index (χ0n) is 21.5. The Bertz CT molecular complexity index is 1520. The minimum atomic E-state index is -2.60. The summed E-state index contributed by atoms with van der Waals surface area (Å²) in [6, 6.07) is 34.1. The summed E-state index contributed by atoms with van der Waals surface area (Å²) in [4.78, 5) is 13.6. The lowest BCUT2D eigenvalue weighted by molar-refractivity contribution is -0.384. The Labute approximate surface area is 218 Å². The predicted molar refractivity (Wildman–Crippen MR) is 155 cm³/mol. The number of nitro groups is 1. The summed E-state index contributed by atoms with van der Waals surface area (Å²) >= 11 is 0. The first-order chi connectivity index (χ1) is 17.7. The zero-order chi connectivity index (χ0) is 26.2. The summed E-state index contributed by atoms with van der Waals surface area (Å²) in [5.41, 5.74) is 4.97. The molecule has 4 aromatic carbocycles. The van der Waals surface area contributed by atoms with E-state index < -0.39 is 7.05 Å². The fourth-order valence-electron chi connectivity index (χ4n) is 5.15. The molecule has 0 radical (unpaired) electrons. The zero-order valence-corrected chi connectivity index (χ0v) is 22.4. The Morgan fingerprint density at radius 3 is 2.00 bits per heavy atom. The highest BCUT2D eigenvalue weighted by atomic mass is 31.2. The maximum Gasteiger partial charge on any atom is 0.271 e. The van der Waals surface area contributed by atoms with Crippen LogP contribution in [0, 0.1) is 17.0 Å². The van der Waals surface area contributed by atoms with Gasteiger partial charge in [0.15, 0.2) is 0 Å². The molecule has 0 bridgehead atoms. The van der Waals surface area contributed by atoms with E-state index >= 15 is 0 Å². The third-order valence-corrected chi connectivity index (χ3v) is 10.5. The molecule has 186 valence electrons. The second kappa shape index (κ2) is 9.49. The number of hydrogen-bond acceptors (Lipinski definition) is 4. The van der Waals surface area contributed by atoms with E-state index in [1.165, 1.54) is 16.9 Å². The second-order valence-corrected chi connectivity index (χ2v) is 12.8. The molecule has 0 saturated heterocycles. The Morgan fingerprint density at radius 2 is 1.43 bits per heavy atom. The third kappa shape index (κ3) is 4.30. The molecule has 0 unspecified atom stereocenters. The van der Waals surface area contributed by atoms with Crippen LogP contribution in [-0.2, 0) is 5.41 Å². The van der Waals surface area contributed by atoms with Crippen molar-refractivity contribution in [3.8, 4) is 0 Å². The second-order valence-electron chi connectivity index (χ2n) is 9.90. The summed E-state index contributed by atoms with van der Waals surface area (Å²) in [6.07, 6.45) is 0. The van der Waals surface area contributed by atoms with Crippen molar-refractivity contribution < 1.29 is 4.92 Å². The van der Waals surface area contributed by atoms with Gasteiger partial charge >= 0.3 is 0 Å². The first kappa shape index (κ1) is 24.7. The van der Waals surface area contributed by atoms with Crippen LogP contribution in [0.15, 0.2) is 119 Å². The highest BCUT2D eigenvalue weighted by Gasteiger charge is 2.40. The van der Waals surface area contributed by atoms with Crippen LogP contribution in [0.5, 0.6) is 0 Å². The molecule has 4 aromatic rings. The van der Waals surface area contributed by atoms with Crippen LogP contribution in [0.1, 0.15) is 25.0 Å². The quantitative estimate of drug-likeness (QED) is 0.158. The molecule has 0 saturated carbocycles. The molecule has 5 nitrogen and oxygen atoms in total. The number of aryl methyl sites for hydroxylation is 1. The van der Waals surface area contributed by atoms with Crippen LogP contribution in [-0.4, -0.2) is 12.0 Å². The van der Waals surface area contributed by atoms with Crippen molar-refractivity contribution in [2.75, 3.05) is 11.9 Å². The lowest BCUT2D eigenvalue weighted by Crippen LogP contribution is -2.25. The van der Waals surface area contributed by atoms with Gasteiger partial charge in [-0.3, -0.25) is 14.9 Å². The van der Waals surface area contributed by atoms with Crippen molar-refractivity contribution in [2.45, 2.75) is 26.2 Å². The van der Waals surface area contributed by atoms with E-state index in [0.717, 1.165) is 16.2 Å². The third-order valence-electron chi connectivity index (χ3n) is 7.22. The first-order valence-electron chi connectivity index (χ1n) is 12.3. The SMILES string of the molecule is Cc1ccc([N+](=O)[O-])cc1N=P(C=C1N(C)c2ccccc2C1(C)C)(c1ccccc1)c1ccccc1. The van der Waals surface area contributed by atoms with Gasteiger partial charge in [0, 0.05) is 46.6 Å². The van der Waals surface area contributed by atoms with E-state index in [2.05, 4.69) is 80.1 Å². The van der Waals surface area contributed by atoms with E-state index in [9.17, 15) is 10.1 Å². The van der Waals surface area contributed by atoms with Gasteiger partial charge in [0.2, 0.25) is 0 Å². The van der Waals surface area contributed by atoms with E-state index in [-0.39, 0.29) is 16.0 Å². The van der Waals surface area contributed by atoms with Gasteiger partial charge in [-0.15, -0.1) is 0 Å². The molecule has 6 heteroatoms. The summed E-state index contributed by atoms with van der Waals surface area (Å²) in [6.45, 7) is 6.47. The molecule has 5 rings (SSSR count). The highest BCUT2D eigenvalue weighted by molar-refractivity contribution is 7.83. The molecular formula is C31H30N3O2P. The predicted octanol–water partition coefficient (Wildman–Crippen LogP) is 7.66. The van der Waals surface area contributed by atoms with Gasteiger partial charge in [-0.2, -0.15) is 0 Å². The van der Waals surface area contributed by atoms with Crippen molar-refractivity contribution in [1.82, 2.24) is 0 Å². The number of non-ortho nitro benzene ring substituents is 1. The summed E-state index contributed by atoms with van der Waals surface area (Å²) in [5, 5.41) is 13.9. The van der Waals surface area contributed by atoms with Crippen molar-refractivity contribution >= 4 is 34.7 Å². The van der Waals surface area contributed by atoms with E-state index in [1.54, 1.807) is 18.2 Å². The molecule has 0 amide bonds. The fraction of sp³-hybridized carbons (Fsp3) is 0.161. The minimum Gasteiger partial charge on any atom is -0.347 e. The van der Waals surface area contributed by atoms with Crippen LogP contribution < -0.4 is 15.5 Å². The van der Waals surface area contributed by atoms with Gasteiger partial charge < -0.3 is 4.90 Å². The lowest BCUT2D eigenvalue weighted by atomic mass is 9.84. The number of anilines is 1. The summed E-state index contributed by atoms with van der Waals surface area (Å²) < 4.78 is 5.50. The van der Waals surface area contributed by atoms with Crippen molar-refractivity contribution in [1.29, 1.82) is 0 Å². The number of para-hydroxylation sites is 1. The normalized spacial score (nSPS) is 15.5. The molecule has 0 atom stereocenters.